The fourth-order valence-corrected chi connectivity index (χ4v) is 7.06. The molecule has 0 atom stereocenters. The summed E-state index contributed by atoms with van der Waals surface area (Å²) in [4.78, 5) is 40.3. The Morgan fingerprint density at radius 3 is 2.05 bits per heavy atom. The van der Waals surface area contributed by atoms with Crippen LogP contribution >= 0.6 is 34.8 Å². The zero-order chi connectivity index (χ0) is 31.2. The third-order valence-electron chi connectivity index (χ3n) is 8.83. The highest BCUT2D eigenvalue weighted by atomic mass is 35.5. The number of nitrogens with zero attached hydrogens (tertiary/aromatic N) is 3. The van der Waals surface area contributed by atoms with Gasteiger partial charge in [0.05, 0.1) is 45.4 Å². The summed E-state index contributed by atoms with van der Waals surface area (Å²) in [5.74, 6) is -2.58. The summed E-state index contributed by atoms with van der Waals surface area (Å²) in [5.41, 5.74) is -2.96. The van der Waals surface area contributed by atoms with E-state index in [9.17, 15) is 32.7 Å². The first-order chi connectivity index (χ1) is 19.4. The zero-order valence-corrected chi connectivity index (χ0v) is 25.8. The highest BCUT2D eigenvalue weighted by Crippen LogP contribution is 2.44. The average Bonchev–Trinajstić information content (AvgIpc) is 3.33. The Morgan fingerprint density at radius 1 is 1.00 bits per heavy atom. The quantitative estimate of drug-likeness (QED) is 0.304. The molecular formula is C29H33Cl3F3N3O4. The molecule has 0 unspecified atom stereocenters. The molecule has 13 heteroatoms. The highest BCUT2D eigenvalue weighted by molar-refractivity contribution is 6.42. The van der Waals surface area contributed by atoms with E-state index in [1.165, 1.54) is 17.0 Å². The number of carbonyl (C=O) groups is 3. The van der Waals surface area contributed by atoms with E-state index < -0.39 is 59.1 Å². The summed E-state index contributed by atoms with van der Waals surface area (Å²) < 4.78 is 44.5. The number of carboxylic acids is 1. The van der Waals surface area contributed by atoms with Crippen LogP contribution in [0.2, 0.25) is 15.1 Å². The molecule has 0 saturated heterocycles. The molecule has 2 aliphatic carbocycles. The van der Waals surface area contributed by atoms with Crippen LogP contribution in [0.1, 0.15) is 105 Å². The Morgan fingerprint density at radius 2 is 1.55 bits per heavy atom. The van der Waals surface area contributed by atoms with Crippen LogP contribution in [0.5, 0.6) is 0 Å². The number of aromatic nitrogens is 2. The van der Waals surface area contributed by atoms with Crippen LogP contribution < -0.4 is 0 Å². The van der Waals surface area contributed by atoms with Crippen molar-refractivity contribution in [3.05, 3.63) is 50.2 Å². The minimum Gasteiger partial charge on any atom is -0.481 e. The smallest absolute Gasteiger partial charge is 0.433 e. The second kappa shape index (κ2) is 12.0. The third kappa shape index (κ3) is 6.76. The number of hydrogen-bond donors (Lipinski definition) is 1. The van der Waals surface area contributed by atoms with Crippen molar-refractivity contribution in [1.29, 1.82) is 0 Å². The molecule has 1 heterocycles. The molecule has 2 aliphatic rings. The van der Waals surface area contributed by atoms with E-state index in [-0.39, 0.29) is 51.7 Å². The fraction of sp³-hybridized carbons (Fsp3) is 0.586. The van der Waals surface area contributed by atoms with E-state index in [1.807, 2.05) is 0 Å². The lowest BCUT2D eigenvalue weighted by atomic mass is 9.74. The third-order valence-corrected chi connectivity index (χ3v) is 9.64. The van der Waals surface area contributed by atoms with Crippen LogP contribution in [0, 0.1) is 10.8 Å². The van der Waals surface area contributed by atoms with Crippen molar-refractivity contribution in [2.45, 2.75) is 90.4 Å². The molecule has 1 aromatic heterocycles. The average molecular weight is 651 g/mol. The van der Waals surface area contributed by atoms with Gasteiger partial charge in [0, 0.05) is 11.1 Å². The molecule has 0 aliphatic heterocycles. The van der Waals surface area contributed by atoms with E-state index in [2.05, 4.69) is 18.9 Å². The molecule has 1 N–H and O–H groups in total. The summed E-state index contributed by atoms with van der Waals surface area (Å²) in [6, 6.07) is 1.45. The Kier molecular flexibility index (Phi) is 9.32. The summed E-state index contributed by atoms with van der Waals surface area (Å²) in [5, 5.41) is 13.7. The van der Waals surface area contributed by atoms with E-state index >= 15 is 0 Å². The number of hydrogen-bond acceptors (Lipinski definition) is 4. The van der Waals surface area contributed by atoms with Crippen LogP contribution in [0.25, 0.3) is 0 Å². The molecule has 1 aromatic carbocycles. The van der Waals surface area contributed by atoms with E-state index in [1.54, 1.807) is 6.92 Å². The topological polar surface area (TPSA) is 92.5 Å². The zero-order valence-electron chi connectivity index (χ0n) is 23.5. The highest BCUT2D eigenvalue weighted by Gasteiger charge is 2.46. The van der Waals surface area contributed by atoms with Gasteiger partial charge in [0.1, 0.15) is 0 Å². The van der Waals surface area contributed by atoms with Gasteiger partial charge < -0.3 is 10.0 Å². The molecule has 2 aromatic rings. The Bertz CT molecular complexity index is 1350. The van der Waals surface area contributed by atoms with Crippen LogP contribution in [-0.2, 0) is 11.0 Å². The molecule has 7 nitrogen and oxygen atoms in total. The second-order valence-corrected chi connectivity index (χ2v) is 13.7. The van der Waals surface area contributed by atoms with Gasteiger partial charge in [-0.15, -0.1) is 0 Å². The SMILES string of the molecule is CC1(C)CCC(N(CC(=O)c2c(Cl)cc(Cl)cc2Cl)C(=O)c2cnn([C@H]3CC[C@](C)(C(=O)O)CC3)c2C(F)(F)F)CC1. The van der Waals surface area contributed by atoms with Crippen LogP contribution in [-0.4, -0.2) is 50.0 Å². The number of halogens is 6. The summed E-state index contributed by atoms with van der Waals surface area (Å²) >= 11 is 18.5. The number of carbonyl (C=O) groups excluding carboxylic acids is 2. The number of rotatable bonds is 7. The maximum absolute atomic E-state index is 14.6. The first kappa shape index (κ1) is 32.6. The van der Waals surface area contributed by atoms with Gasteiger partial charge in [0.2, 0.25) is 0 Å². The van der Waals surface area contributed by atoms with Crippen molar-refractivity contribution in [3.63, 3.8) is 0 Å². The molecule has 2 saturated carbocycles. The minimum absolute atomic E-state index is 0.00846. The Balaban J connectivity index is 1.70. The second-order valence-electron chi connectivity index (χ2n) is 12.4. The number of Topliss-reactive ketones (excluding diaryl/α,β-unsaturated/α-hetero) is 1. The van der Waals surface area contributed by atoms with E-state index in [4.69, 9.17) is 34.8 Å². The largest absolute Gasteiger partial charge is 0.481 e. The van der Waals surface area contributed by atoms with Crippen LogP contribution in [0.4, 0.5) is 13.2 Å². The summed E-state index contributed by atoms with van der Waals surface area (Å²) in [7, 11) is 0. The van der Waals surface area contributed by atoms with Crippen molar-refractivity contribution in [2.24, 2.45) is 10.8 Å². The normalized spacial score (nSPS) is 23.0. The predicted octanol–water partition coefficient (Wildman–Crippen LogP) is 8.36. The molecular weight excluding hydrogens is 618 g/mol. The van der Waals surface area contributed by atoms with Crippen molar-refractivity contribution in [1.82, 2.24) is 14.7 Å². The van der Waals surface area contributed by atoms with Gasteiger partial charge in [-0.1, -0.05) is 48.7 Å². The number of carboxylic acid groups (broad SMARTS) is 1. The monoisotopic (exact) mass is 649 g/mol. The maximum atomic E-state index is 14.6. The summed E-state index contributed by atoms with van der Waals surface area (Å²) in [6.07, 6.45) is -0.918. The number of alkyl halides is 3. The van der Waals surface area contributed by atoms with Crippen LogP contribution in [0.15, 0.2) is 18.3 Å². The van der Waals surface area contributed by atoms with Gasteiger partial charge in [0.25, 0.3) is 5.91 Å². The van der Waals surface area contributed by atoms with Gasteiger partial charge in [0.15, 0.2) is 11.5 Å². The maximum Gasteiger partial charge on any atom is 0.433 e. The molecule has 0 bridgehead atoms. The Labute approximate surface area is 257 Å². The number of benzene rings is 1. The fourth-order valence-electron chi connectivity index (χ4n) is 6.04. The first-order valence-electron chi connectivity index (χ1n) is 13.8. The number of aliphatic carboxylic acids is 1. The van der Waals surface area contributed by atoms with E-state index in [0.29, 0.717) is 25.7 Å². The Hall–Kier alpha value is -2.30. The number of amides is 1. The molecule has 4 rings (SSSR count). The lowest BCUT2D eigenvalue weighted by Crippen LogP contribution is -2.46. The van der Waals surface area contributed by atoms with Crippen molar-refractivity contribution in [2.75, 3.05) is 6.54 Å². The van der Waals surface area contributed by atoms with E-state index in [0.717, 1.165) is 10.9 Å². The molecule has 2 fully saturated rings. The van der Waals surface area contributed by atoms with Gasteiger partial charge in [-0.05, 0) is 75.8 Å². The lowest BCUT2D eigenvalue weighted by Gasteiger charge is -2.40. The molecule has 42 heavy (non-hydrogen) atoms. The molecule has 0 spiro atoms. The standard InChI is InChI=1S/C29H33Cl3F3N3O4/c1-27(2)8-4-17(5-9-27)37(15-22(39)23-20(31)12-16(30)13-21(23)32)25(40)19-14-36-38(24(19)29(33,34)35)18-6-10-28(3,11-7-18)26(41)42/h12-14,17-18H,4-11,15H2,1-3H3,(H,41,42)/t18-,28-. The van der Waals surface area contributed by atoms with Gasteiger partial charge in [-0.25, -0.2) is 0 Å². The molecule has 1 amide bonds. The minimum atomic E-state index is -4.93. The van der Waals surface area contributed by atoms with Crippen LogP contribution in [0.3, 0.4) is 0 Å². The summed E-state index contributed by atoms with van der Waals surface area (Å²) in [6.45, 7) is 5.21. The molecule has 0 radical (unpaired) electrons. The lowest BCUT2D eigenvalue weighted by molar-refractivity contribution is -0.152. The van der Waals surface area contributed by atoms with Gasteiger partial charge in [-0.2, -0.15) is 18.3 Å². The van der Waals surface area contributed by atoms with Crippen molar-refractivity contribution in [3.8, 4) is 0 Å². The number of ketones is 1. The van der Waals surface area contributed by atoms with Crippen molar-refractivity contribution < 1.29 is 32.7 Å². The van der Waals surface area contributed by atoms with Gasteiger partial charge in [-0.3, -0.25) is 19.1 Å². The van der Waals surface area contributed by atoms with Gasteiger partial charge >= 0.3 is 12.1 Å². The predicted molar refractivity (Wildman–Crippen MR) is 153 cm³/mol. The van der Waals surface area contributed by atoms with Crippen molar-refractivity contribution >= 4 is 52.5 Å². The molecule has 230 valence electrons. The first-order valence-corrected chi connectivity index (χ1v) is 14.9.